The van der Waals surface area contributed by atoms with Gasteiger partial charge in [-0.2, -0.15) is 0 Å². The Kier molecular flexibility index (Phi) is 3.93. The molecule has 0 aromatic carbocycles. The zero-order chi connectivity index (χ0) is 13.0. The van der Waals surface area contributed by atoms with Crippen molar-refractivity contribution in [1.29, 1.82) is 0 Å². The number of hydrogen-bond acceptors (Lipinski definition) is 6. The maximum atomic E-state index is 10.6. The second-order valence-electron chi connectivity index (χ2n) is 4.21. The monoisotopic (exact) mass is 252 g/mol. The van der Waals surface area contributed by atoms with Crippen LogP contribution in [0.4, 0.5) is 17.3 Å². The highest BCUT2D eigenvalue weighted by Gasteiger charge is 2.15. The number of nitrogens with two attached hydrogens (primary N) is 1. The molecule has 7 heteroatoms. The molecule has 2 heterocycles. The number of nitrogen functional groups attached to an aromatic ring is 1. The van der Waals surface area contributed by atoms with E-state index in [0.29, 0.717) is 11.9 Å². The normalized spacial score (nSPS) is 18.8. The lowest BCUT2D eigenvalue weighted by atomic mass is 10.2. The van der Waals surface area contributed by atoms with Crippen molar-refractivity contribution in [1.82, 2.24) is 4.98 Å². The van der Waals surface area contributed by atoms with Crippen molar-refractivity contribution in [2.24, 2.45) is 0 Å². The minimum Gasteiger partial charge on any atom is -0.378 e. The number of aromatic nitrogens is 1. The minimum absolute atomic E-state index is 0.0675. The standard InChI is InChI=1S/C11H16N4O3/c12-11-9(15(16)17)3-4-10(14-11)13-6-5-8-2-1-7-18-8/h3-4,8H,1-2,5-7H2,(H3,12,13,14). The van der Waals surface area contributed by atoms with Gasteiger partial charge in [0.2, 0.25) is 5.82 Å². The summed E-state index contributed by atoms with van der Waals surface area (Å²) in [5, 5.41) is 13.7. The Morgan fingerprint density at radius 2 is 2.44 bits per heavy atom. The zero-order valence-electron chi connectivity index (χ0n) is 9.96. The molecule has 1 aromatic heterocycles. The maximum Gasteiger partial charge on any atom is 0.311 e. The summed E-state index contributed by atoms with van der Waals surface area (Å²) in [7, 11) is 0. The Hall–Kier alpha value is -1.89. The Labute approximate surface area is 104 Å². The number of nitrogens with one attached hydrogen (secondary N) is 1. The van der Waals surface area contributed by atoms with Crippen LogP contribution in [0.1, 0.15) is 19.3 Å². The molecule has 0 aliphatic carbocycles. The smallest absolute Gasteiger partial charge is 0.311 e. The van der Waals surface area contributed by atoms with Crippen molar-refractivity contribution in [2.45, 2.75) is 25.4 Å². The average molecular weight is 252 g/mol. The van der Waals surface area contributed by atoms with E-state index < -0.39 is 4.92 Å². The molecule has 1 aromatic rings. The van der Waals surface area contributed by atoms with Crippen molar-refractivity contribution in [3.8, 4) is 0 Å². The Bertz CT molecular complexity index is 432. The Morgan fingerprint density at radius 3 is 3.06 bits per heavy atom. The molecule has 98 valence electrons. The summed E-state index contributed by atoms with van der Waals surface area (Å²) in [6.07, 6.45) is 3.43. The molecule has 7 nitrogen and oxygen atoms in total. The molecular weight excluding hydrogens is 236 g/mol. The topological polar surface area (TPSA) is 103 Å². The summed E-state index contributed by atoms with van der Waals surface area (Å²) in [4.78, 5) is 14.0. The molecule has 0 amide bonds. The summed E-state index contributed by atoms with van der Waals surface area (Å²) in [6.45, 7) is 1.56. The number of rotatable bonds is 5. The van der Waals surface area contributed by atoms with Crippen LogP contribution in [0, 0.1) is 10.1 Å². The Morgan fingerprint density at radius 1 is 1.61 bits per heavy atom. The van der Waals surface area contributed by atoms with E-state index in [0.717, 1.165) is 32.4 Å². The lowest BCUT2D eigenvalue weighted by molar-refractivity contribution is -0.384. The Balaban J connectivity index is 1.85. The lowest BCUT2D eigenvalue weighted by Crippen LogP contribution is -2.13. The molecule has 3 N–H and O–H groups in total. The van der Waals surface area contributed by atoms with E-state index in [9.17, 15) is 10.1 Å². The molecule has 18 heavy (non-hydrogen) atoms. The molecule has 1 fully saturated rings. The van der Waals surface area contributed by atoms with Gasteiger partial charge in [-0.15, -0.1) is 0 Å². The molecule has 2 rings (SSSR count). The third-order valence-electron chi connectivity index (χ3n) is 2.90. The zero-order valence-corrected chi connectivity index (χ0v) is 9.96. The fourth-order valence-corrected chi connectivity index (χ4v) is 1.95. The summed E-state index contributed by atoms with van der Waals surface area (Å²) < 4.78 is 5.49. The van der Waals surface area contributed by atoms with Crippen LogP contribution in [0.2, 0.25) is 0 Å². The quantitative estimate of drug-likeness (QED) is 0.608. The van der Waals surface area contributed by atoms with E-state index in [2.05, 4.69) is 10.3 Å². The number of nitro groups is 1. The molecule has 1 unspecified atom stereocenters. The first-order valence-electron chi connectivity index (χ1n) is 5.93. The van der Waals surface area contributed by atoms with Gasteiger partial charge in [-0.1, -0.05) is 0 Å². The second kappa shape index (κ2) is 5.63. The van der Waals surface area contributed by atoms with Crippen LogP contribution in [0.3, 0.4) is 0 Å². The molecule has 0 bridgehead atoms. The highest BCUT2D eigenvalue weighted by molar-refractivity contribution is 5.57. The molecule has 1 atom stereocenters. The van der Waals surface area contributed by atoms with Gasteiger partial charge < -0.3 is 15.8 Å². The van der Waals surface area contributed by atoms with Crippen molar-refractivity contribution >= 4 is 17.3 Å². The van der Waals surface area contributed by atoms with Gasteiger partial charge >= 0.3 is 5.69 Å². The minimum atomic E-state index is -0.543. The summed E-state index contributed by atoms with van der Waals surface area (Å²) in [6, 6.07) is 2.92. The SMILES string of the molecule is Nc1nc(NCCC2CCCO2)ccc1[N+](=O)[O-]. The number of nitrogens with zero attached hydrogens (tertiary/aromatic N) is 2. The predicted molar refractivity (Wildman–Crippen MR) is 67.4 cm³/mol. The van der Waals surface area contributed by atoms with Crippen LogP contribution in [-0.4, -0.2) is 29.2 Å². The fourth-order valence-electron chi connectivity index (χ4n) is 1.95. The third kappa shape index (κ3) is 3.07. The van der Waals surface area contributed by atoms with E-state index in [-0.39, 0.29) is 11.5 Å². The first-order chi connectivity index (χ1) is 8.66. The van der Waals surface area contributed by atoms with Crippen LogP contribution in [0.15, 0.2) is 12.1 Å². The van der Waals surface area contributed by atoms with Crippen LogP contribution < -0.4 is 11.1 Å². The van der Waals surface area contributed by atoms with Crippen molar-refractivity contribution in [3.63, 3.8) is 0 Å². The first-order valence-corrected chi connectivity index (χ1v) is 5.93. The second-order valence-corrected chi connectivity index (χ2v) is 4.21. The molecule has 0 radical (unpaired) electrons. The van der Waals surface area contributed by atoms with E-state index >= 15 is 0 Å². The van der Waals surface area contributed by atoms with Gasteiger partial charge in [0.1, 0.15) is 5.82 Å². The van der Waals surface area contributed by atoms with Crippen molar-refractivity contribution in [3.05, 3.63) is 22.2 Å². The summed E-state index contributed by atoms with van der Waals surface area (Å²) in [5.41, 5.74) is 5.33. The van der Waals surface area contributed by atoms with Gasteiger partial charge in [0.25, 0.3) is 0 Å². The maximum absolute atomic E-state index is 10.6. The van der Waals surface area contributed by atoms with E-state index in [1.54, 1.807) is 6.07 Å². The van der Waals surface area contributed by atoms with Crippen molar-refractivity contribution in [2.75, 3.05) is 24.2 Å². The molecule has 1 aliphatic rings. The van der Waals surface area contributed by atoms with Gasteiger partial charge in [-0.25, -0.2) is 4.98 Å². The van der Waals surface area contributed by atoms with Crippen molar-refractivity contribution < 1.29 is 9.66 Å². The van der Waals surface area contributed by atoms with Crippen LogP contribution in [0.5, 0.6) is 0 Å². The number of hydrogen-bond donors (Lipinski definition) is 2. The predicted octanol–water partition coefficient (Wildman–Crippen LogP) is 1.55. The van der Waals surface area contributed by atoms with Gasteiger partial charge in [-0.05, 0) is 25.3 Å². The molecular formula is C11H16N4O3. The highest BCUT2D eigenvalue weighted by Crippen LogP contribution is 2.21. The molecule has 1 aliphatic heterocycles. The third-order valence-corrected chi connectivity index (χ3v) is 2.90. The first kappa shape index (κ1) is 12.6. The van der Waals surface area contributed by atoms with Crippen LogP contribution in [-0.2, 0) is 4.74 Å². The number of pyridine rings is 1. The van der Waals surface area contributed by atoms with Gasteiger partial charge in [0, 0.05) is 19.2 Å². The van der Waals surface area contributed by atoms with E-state index in [4.69, 9.17) is 10.5 Å². The molecule has 1 saturated heterocycles. The summed E-state index contributed by atoms with van der Waals surface area (Å²) in [5.74, 6) is 0.484. The largest absolute Gasteiger partial charge is 0.378 e. The average Bonchev–Trinajstić information content (AvgIpc) is 2.81. The fraction of sp³-hybridized carbons (Fsp3) is 0.545. The highest BCUT2D eigenvalue weighted by atomic mass is 16.6. The van der Waals surface area contributed by atoms with Gasteiger partial charge in [-0.3, -0.25) is 10.1 Å². The lowest BCUT2D eigenvalue weighted by Gasteiger charge is -2.10. The number of ether oxygens (including phenoxy) is 1. The molecule has 0 spiro atoms. The van der Waals surface area contributed by atoms with Gasteiger partial charge in [0.05, 0.1) is 11.0 Å². The molecule has 0 saturated carbocycles. The van der Waals surface area contributed by atoms with Crippen LogP contribution in [0.25, 0.3) is 0 Å². The van der Waals surface area contributed by atoms with Gasteiger partial charge in [0.15, 0.2) is 0 Å². The van der Waals surface area contributed by atoms with Crippen LogP contribution >= 0.6 is 0 Å². The number of anilines is 2. The van der Waals surface area contributed by atoms with E-state index in [1.165, 1.54) is 6.07 Å². The summed E-state index contributed by atoms with van der Waals surface area (Å²) >= 11 is 0. The van der Waals surface area contributed by atoms with E-state index in [1.807, 2.05) is 0 Å².